The van der Waals surface area contributed by atoms with Gasteiger partial charge >= 0.3 is 0 Å². The van der Waals surface area contributed by atoms with Gasteiger partial charge in [0.15, 0.2) is 0 Å². The van der Waals surface area contributed by atoms with Crippen molar-refractivity contribution >= 4 is 16.7 Å². The highest BCUT2D eigenvalue weighted by molar-refractivity contribution is 5.99. The van der Waals surface area contributed by atoms with E-state index in [1.807, 2.05) is 12.4 Å². The molecule has 31 heavy (non-hydrogen) atoms. The predicted molar refractivity (Wildman–Crippen MR) is 125 cm³/mol. The lowest BCUT2D eigenvalue weighted by atomic mass is 10.0. The fourth-order valence-corrected chi connectivity index (χ4v) is 4.54. The molecule has 5 rings (SSSR count). The van der Waals surface area contributed by atoms with Gasteiger partial charge in [-0.2, -0.15) is 0 Å². The average molecular weight is 410 g/mol. The summed E-state index contributed by atoms with van der Waals surface area (Å²) >= 11 is 0. The Labute approximate surface area is 183 Å². The number of carbonyl (C=O) groups excluding carboxylic acids is 1. The number of pyridine rings is 1. The van der Waals surface area contributed by atoms with Crippen LogP contribution in [0.15, 0.2) is 79.4 Å². The quantitative estimate of drug-likeness (QED) is 0.442. The molecule has 2 aromatic carbocycles. The number of benzene rings is 2. The molecule has 0 amide bonds. The maximum atomic E-state index is 12.7. The lowest BCUT2D eigenvalue weighted by Gasteiger charge is -2.20. The van der Waals surface area contributed by atoms with Gasteiger partial charge in [-0.25, -0.2) is 0 Å². The van der Waals surface area contributed by atoms with Crippen LogP contribution in [0.5, 0.6) is 0 Å². The Bertz CT molecular complexity index is 1190. The van der Waals surface area contributed by atoms with E-state index in [0.717, 1.165) is 29.8 Å². The van der Waals surface area contributed by atoms with Crippen molar-refractivity contribution in [3.8, 4) is 11.1 Å². The van der Waals surface area contributed by atoms with E-state index in [1.165, 1.54) is 36.1 Å². The summed E-state index contributed by atoms with van der Waals surface area (Å²) < 4.78 is 1.65. The van der Waals surface area contributed by atoms with Crippen molar-refractivity contribution in [1.82, 2.24) is 14.5 Å². The van der Waals surface area contributed by atoms with Gasteiger partial charge in [-0.15, -0.1) is 0 Å². The van der Waals surface area contributed by atoms with E-state index in [2.05, 4.69) is 59.3 Å². The molecule has 0 N–H and O–H groups in total. The number of carbonyl (C=O) groups is 1. The standard InChI is InChI=1S/C27H27N3O/c1-20-4-3-14-29(20)15-12-21-6-8-22(9-7-21)23-10-11-25-18-30(19-26(25)16-23)27(31)24-5-2-13-28-17-24/h2,5-11,13,16-20H,3-4,12,14-15H2,1H3. The van der Waals surface area contributed by atoms with Gasteiger partial charge in [-0.3, -0.25) is 14.3 Å². The van der Waals surface area contributed by atoms with Gasteiger partial charge in [-0.1, -0.05) is 36.4 Å². The molecule has 0 saturated carbocycles. The summed E-state index contributed by atoms with van der Waals surface area (Å²) in [6.07, 6.45) is 10.8. The Morgan fingerprint density at radius 3 is 2.58 bits per heavy atom. The summed E-state index contributed by atoms with van der Waals surface area (Å²) in [5, 5.41) is 2.11. The minimum atomic E-state index is -0.0671. The average Bonchev–Trinajstić information content (AvgIpc) is 3.43. The van der Waals surface area contributed by atoms with E-state index in [0.29, 0.717) is 5.56 Å². The minimum absolute atomic E-state index is 0.0671. The van der Waals surface area contributed by atoms with E-state index in [1.54, 1.807) is 29.1 Å². The van der Waals surface area contributed by atoms with Crippen molar-refractivity contribution in [2.45, 2.75) is 32.2 Å². The van der Waals surface area contributed by atoms with Crippen LogP contribution in [0.3, 0.4) is 0 Å². The molecule has 0 radical (unpaired) electrons. The van der Waals surface area contributed by atoms with Crippen LogP contribution in [0.4, 0.5) is 0 Å². The minimum Gasteiger partial charge on any atom is -0.300 e. The van der Waals surface area contributed by atoms with E-state index in [9.17, 15) is 4.79 Å². The van der Waals surface area contributed by atoms with Crippen molar-refractivity contribution in [3.63, 3.8) is 0 Å². The zero-order valence-electron chi connectivity index (χ0n) is 17.9. The molecule has 1 aliphatic rings. The fourth-order valence-electron chi connectivity index (χ4n) is 4.54. The van der Waals surface area contributed by atoms with Crippen LogP contribution in [0.1, 0.15) is 35.7 Å². The normalized spacial score (nSPS) is 16.7. The highest BCUT2D eigenvalue weighted by atomic mass is 16.2. The molecular weight excluding hydrogens is 382 g/mol. The molecule has 1 unspecified atom stereocenters. The van der Waals surface area contributed by atoms with Crippen LogP contribution in [0.2, 0.25) is 0 Å². The summed E-state index contributed by atoms with van der Waals surface area (Å²) in [6.45, 7) is 4.72. The second-order valence-corrected chi connectivity index (χ2v) is 8.53. The van der Waals surface area contributed by atoms with Crippen molar-refractivity contribution in [2.75, 3.05) is 13.1 Å². The number of nitrogens with zero attached hydrogens (tertiary/aromatic N) is 3. The number of likely N-dealkylation sites (tertiary alicyclic amines) is 1. The Morgan fingerprint density at radius 2 is 1.84 bits per heavy atom. The van der Waals surface area contributed by atoms with E-state index < -0.39 is 0 Å². The Balaban J connectivity index is 1.32. The van der Waals surface area contributed by atoms with Gasteiger partial charge in [0, 0.05) is 42.8 Å². The third-order valence-electron chi connectivity index (χ3n) is 6.45. The fraction of sp³-hybridized carbons (Fsp3) is 0.259. The third kappa shape index (κ3) is 4.17. The molecule has 1 atom stereocenters. The summed E-state index contributed by atoms with van der Waals surface area (Å²) in [6, 6.07) is 19.6. The largest absolute Gasteiger partial charge is 0.300 e. The van der Waals surface area contributed by atoms with Gasteiger partial charge in [0.25, 0.3) is 5.91 Å². The first-order valence-electron chi connectivity index (χ1n) is 11.1. The summed E-state index contributed by atoms with van der Waals surface area (Å²) in [4.78, 5) is 19.3. The number of hydrogen-bond donors (Lipinski definition) is 0. The van der Waals surface area contributed by atoms with Gasteiger partial charge in [-0.05, 0) is 73.0 Å². The lowest BCUT2D eigenvalue weighted by molar-refractivity contribution is 0.0960. The van der Waals surface area contributed by atoms with Crippen LogP contribution in [-0.2, 0) is 6.42 Å². The maximum Gasteiger partial charge on any atom is 0.263 e. The molecule has 1 saturated heterocycles. The van der Waals surface area contributed by atoms with Gasteiger partial charge < -0.3 is 4.90 Å². The van der Waals surface area contributed by atoms with Crippen molar-refractivity contribution in [2.24, 2.45) is 0 Å². The molecule has 2 aromatic heterocycles. The molecule has 3 heterocycles. The van der Waals surface area contributed by atoms with Gasteiger partial charge in [0.2, 0.25) is 0 Å². The van der Waals surface area contributed by atoms with Gasteiger partial charge in [0.05, 0.1) is 5.56 Å². The van der Waals surface area contributed by atoms with Crippen LogP contribution >= 0.6 is 0 Å². The second-order valence-electron chi connectivity index (χ2n) is 8.53. The Morgan fingerprint density at radius 1 is 1.03 bits per heavy atom. The first-order chi connectivity index (χ1) is 15.2. The number of rotatable bonds is 5. The molecule has 0 aliphatic carbocycles. The Kier molecular flexibility index (Phi) is 5.39. The van der Waals surface area contributed by atoms with Crippen LogP contribution in [0, 0.1) is 0 Å². The first kappa shape index (κ1) is 19.7. The molecule has 0 spiro atoms. The van der Waals surface area contributed by atoms with Crippen LogP contribution in [-0.4, -0.2) is 39.5 Å². The second kappa shape index (κ2) is 8.48. The smallest absolute Gasteiger partial charge is 0.263 e. The monoisotopic (exact) mass is 409 g/mol. The van der Waals surface area contributed by atoms with Crippen molar-refractivity contribution < 1.29 is 4.79 Å². The topological polar surface area (TPSA) is 38.1 Å². The number of aromatic nitrogens is 2. The summed E-state index contributed by atoms with van der Waals surface area (Å²) in [7, 11) is 0. The molecule has 0 bridgehead atoms. The summed E-state index contributed by atoms with van der Waals surface area (Å²) in [5.41, 5.74) is 4.34. The number of fused-ring (bicyclic) bond motifs is 1. The predicted octanol–water partition coefficient (Wildman–Crippen LogP) is 5.42. The Hall–Kier alpha value is -3.24. The molecule has 4 aromatic rings. The SMILES string of the molecule is CC1CCCN1CCc1ccc(-c2ccc3cn(C(=O)c4cccnc4)cc3c2)cc1. The number of hydrogen-bond acceptors (Lipinski definition) is 3. The van der Waals surface area contributed by atoms with Crippen LogP contribution < -0.4 is 0 Å². The molecule has 156 valence electrons. The summed E-state index contributed by atoms with van der Waals surface area (Å²) in [5.74, 6) is -0.0671. The van der Waals surface area contributed by atoms with E-state index in [-0.39, 0.29) is 5.91 Å². The van der Waals surface area contributed by atoms with Crippen molar-refractivity contribution in [3.05, 3.63) is 90.5 Å². The molecule has 1 fully saturated rings. The lowest BCUT2D eigenvalue weighted by Crippen LogP contribution is -2.28. The zero-order chi connectivity index (χ0) is 21.2. The highest BCUT2D eigenvalue weighted by Gasteiger charge is 2.19. The third-order valence-corrected chi connectivity index (χ3v) is 6.45. The molecule has 4 nitrogen and oxygen atoms in total. The van der Waals surface area contributed by atoms with Gasteiger partial charge in [0.1, 0.15) is 0 Å². The van der Waals surface area contributed by atoms with Crippen LogP contribution in [0.25, 0.3) is 21.9 Å². The molecule has 1 aliphatic heterocycles. The maximum absolute atomic E-state index is 12.7. The zero-order valence-corrected chi connectivity index (χ0v) is 17.9. The highest BCUT2D eigenvalue weighted by Crippen LogP contribution is 2.26. The van der Waals surface area contributed by atoms with Crippen molar-refractivity contribution in [1.29, 1.82) is 0 Å². The molecular formula is C27H27N3O. The molecule has 4 heteroatoms. The van der Waals surface area contributed by atoms with E-state index >= 15 is 0 Å². The first-order valence-corrected chi connectivity index (χ1v) is 11.1. The van der Waals surface area contributed by atoms with E-state index in [4.69, 9.17) is 0 Å².